The van der Waals surface area contributed by atoms with Gasteiger partial charge in [0.05, 0.1) is 24.5 Å². The van der Waals surface area contributed by atoms with Gasteiger partial charge in [-0.2, -0.15) is 0 Å². The number of aromatic nitrogens is 2. The van der Waals surface area contributed by atoms with Crippen LogP contribution in [-0.2, 0) is 16.6 Å². The van der Waals surface area contributed by atoms with Crippen LogP contribution in [0.2, 0.25) is 0 Å². The molecule has 0 aliphatic rings. The van der Waals surface area contributed by atoms with Gasteiger partial charge in [-0.15, -0.1) is 0 Å². The fourth-order valence-corrected chi connectivity index (χ4v) is 1.57. The van der Waals surface area contributed by atoms with Crippen LogP contribution in [0, 0.1) is 0 Å². The van der Waals surface area contributed by atoms with Gasteiger partial charge >= 0.3 is 5.97 Å². The SMILES string of the molecule is COC(=O)C(O)c1ccc2c(c1)ncn2C. The fourth-order valence-electron chi connectivity index (χ4n) is 1.57. The molecule has 1 aromatic heterocycles. The molecular formula is C11H12N2O3. The van der Waals surface area contributed by atoms with Crippen LogP contribution in [0.5, 0.6) is 0 Å². The lowest BCUT2D eigenvalue weighted by Crippen LogP contribution is -2.13. The van der Waals surface area contributed by atoms with Crippen molar-refractivity contribution < 1.29 is 14.6 Å². The smallest absolute Gasteiger partial charge is 0.339 e. The molecule has 1 atom stereocenters. The van der Waals surface area contributed by atoms with E-state index in [1.165, 1.54) is 7.11 Å². The van der Waals surface area contributed by atoms with Crippen LogP contribution in [0.1, 0.15) is 11.7 Å². The Morgan fingerprint density at radius 3 is 3.00 bits per heavy atom. The maximum absolute atomic E-state index is 11.2. The van der Waals surface area contributed by atoms with E-state index in [-0.39, 0.29) is 0 Å². The van der Waals surface area contributed by atoms with E-state index in [9.17, 15) is 9.90 Å². The number of benzene rings is 1. The molecule has 1 aromatic carbocycles. The van der Waals surface area contributed by atoms with Gasteiger partial charge in [0.15, 0.2) is 6.10 Å². The Morgan fingerprint density at radius 2 is 2.31 bits per heavy atom. The van der Waals surface area contributed by atoms with Gasteiger partial charge in [0.25, 0.3) is 0 Å². The molecule has 16 heavy (non-hydrogen) atoms. The minimum absolute atomic E-state index is 0.484. The first-order valence-electron chi connectivity index (χ1n) is 4.80. The molecule has 0 saturated carbocycles. The second kappa shape index (κ2) is 3.94. The largest absolute Gasteiger partial charge is 0.467 e. The highest BCUT2D eigenvalue weighted by Crippen LogP contribution is 2.19. The summed E-state index contributed by atoms with van der Waals surface area (Å²) >= 11 is 0. The molecule has 0 spiro atoms. The third-order valence-corrected chi connectivity index (χ3v) is 2.49. The van der Waals surface area contributed by atoms with Gasteiger partial charge in [-0.25, -0.2) is 9.78 Å². The zero-order chi connectivity index (χ0) is 11.7. The number of fused-ring (bicyclic) bond motifs is 1. The predicted octanol–water partition coefficient (Wildman–Crippen LogP) is 0.780. The van der Waals surface area contributed by atoms with E-state index in [1.54, 1.807) is 18.5 Å². The van der Waals surface area contributed by atoms with E-state index < -0.39 is 12.1 Å². The Morgan fingerprint density at radius 1 is 1.56 bits per heavy atom. The lowest BCUT2D eigenvalue weighted by atomic mass is 10.1. The minimum atomic E-state index is -1.25. The number of esters is 1. The molecular weight excluding hydrogens is 208 g/mol. The highest BCUT2D eigenvalue weighted by Gasteiger charge is 2.18. The summed E-state index contributed by atoms with van der Waals surface area (Å²) < 4.78 is 6.33. The van der Waals surface area contributed by atoms with Crippen molar-refractivity contribution in [3.63, 3.8) is 0 Å². The average molecular weight is 220 g/mol. The molecule has 1 unspecified atom stereocenters. The summed E-state index contributed by atoms with van der Waals surface area (Å²) in [6.07, 6.45) is 0.426. The Kier molecular flexibility index (Phi) is 2.62. The van der Waals surface area contributed by atoms with Gasteiger partial charge in [-0.05, 0) is 17.7 Å². The maximum atomic E-state index is 11.2. The van der Waals surface area contributed by atoms with Crippen LogP contribution in [0.25, 0.3) is 11.0 Å². The molecule has 0 radical (unpaired) electrons. The van der Waals surface area contributed by atoms with Crippen LogP contribution in [-0.4, -0.2) is 27.7 Å². The van der Waals surface area contributed by atoms with Crippen molar-refractivity contribution in [3.8, 4) is 0 Å². The molecule has 1 N–H and O–H groups in total. The number of aliphatic hydroxyl groups is 1. The minimum Gasteiger partial charge on any atom is -0.467 e. The monoisotopic (exact) mass is 220 g/mol. The predicted molar refractivity (Wildman–Crippen MR) is 57.7 cm³/mol. The molecule has 5 heteroatoms. The summed E-state index contributed by atoms with van der Waals surface area (Å²) in [4.78, 5) is 15.3. The Bertz CT molecular complexity index is 533. The highest BCUT2D eigenvalue weighted by atomic mass is 16.5. The quantitative estimate of drug-likeness (QED) is 0.759. The molecule has 0 bridgehead atoms. The standard InChI is InChI=1S/C11H12N2O3/c1-13-6-12-8-5-7(3-4-9(8)13)10(14)11(15)16-2/h3-6,10,14H,1-2H3. The van der Waals surface area contributed by atoms with Gasteiger partial charge in [0.2, 0.25) is 0 Å². The summed E-state index contributed by atoms with van der Waals surface area (Å²) in [6, 6.07) is 5.17. The van der Waals surface area contributed by atoms with Gasteiger partial charge in [-0.3, -0.25) is 0 Å². The number of ether oxygens (including phenoxy) is 1. The lowest BCUT2D eigenvalue weighted by molar-refractivity contribution is -0.150. The number of imidazole rings is 1. The summed E-state index contributed by atoms with van der Waals surface area (Å²) in [7, 11) is 3.12. The van der Waals surface area contributed by atoms with Crippen molar-refractivity contribution in [2.24, 2.45) is 7.05 Å². The molecule has 5 nitrogen and oxygen atoms in total. The van der Waals surface area contributed by atoms with E-state index in [2.05, 4.69) is 9.72 Å². The number of nitrogens with zero attached hydrogens (tertiary/aromatic N) is 2. The van der Waals surface area contributed by atoms with Crippen molar-refractivity contribution in [3.05, 3.63) is 30.1 Å². The van der Waals surface area contributed by atoms with Gasteiger partial charge in [-0.1, -0.05) is 6.07 Å². The third-order valence-electron chi connectivity index (χ3n) is 2.49. The van der Waals surface area contributed by atoms with Gasteiger partial charge in [0.1, 0.15) is 0 Å². The lowest BCUT2D eigenvalue weighted by Gasteiger charge is -2.08. The van der Waals surface area contributed by atoms with Crippen molar-refractivity contribution in [1.29, 1.82) is 0 Å². The number of aryl methyl sites for hydroxylation is 1. The molecule has 0 aliphatic carbocycles. The van der Waals surface area contributed by atoms with Crippen LogP contribution >= 0.6 is 0 Å². The first-order valence-corrected chi connectivity index (χ1v) is 4.80. The summed E-state index contributed by atoms with van der Waals surface area (Å²) in [5, 5.41) is 9.65. The Hall–Kier alpha value is -1.88. The summed E-state index contributed by atoms with van der Waals surface area (Å²) in [5.41, 5.74) is 2.17. The zero-order valence-corrected chi connectivity index (χ0v) is 9.04. The number of methoxy groups -OCH3 is 1. The fraction of sp³-hybridized carbons (Fsp3) is 0.273. The normalized spacial score (nSPS) is 12.7. The highest BCUT2D eigenvalue weighted by molar-refractivity contribution is 5.80. The molecule has 2 aromatic rings. The molecule has 0 saturated heterocycles. The van der Waals surface area contributed by atoms with Crippen LogP contribution in [0.15, 0.2) is 24.5 Å². The van der Waals surface area contributed by atoms with Crippen LogP contribution in [0.4, 0.5) is 0 Å². The van der Waals surface area contributed by atoms with Crippen LogP contribution < -0.4 is 0 Å². The average Bonchev–Trinajstić information content (AvgIpc) is 2.68. The third kappa shape index (κ3) is 1.65. The van der Waals surface area contributed by atoms with Gasteiger partial charge < -0.3 is 14.4 Å². The van der Waals surface area contributed by atoms with E-state index >= 15 is 0 Å². The topological polar surface area (TPSA) is 64.3 Å². The van der Waals surface area contributed by atoms with E-state index in [4.69, 9.17) is 0 Å². The van der Waals surface area contributed by atoms with Crippen molar-refractivity contribution >= 4 is 17.0 Å². The molecule has 84 valence electrons. The van der Waals surface area contributed by atoms with Crippen molar-refractivity contribution in [2.45, 2.75) is 6.10 Å². The molecule has 0 amide bonds. The van der Waals surface area contributed by atoms with E-state index in [1.807, 2.05) is 17.7 Å². The number of hydrogen-bond acceptors (Lipinski definition) is 4. The Balaban J connectivity index is 2.43. The molecule has 0 aliphatic heterocycles. The summed E-state index contributed by atoms with van der Waals surface area (Å²) in [6.45, 7) is 0. The Labute approximate surface area is 92.3 Å². The van der Waals surface area contributed by atoms with Gasteiger partial charge in [0, 0.05) is 7.05 Å². The zero-order valence-electron chi connectivity index (χ0n) is 9.04. The maximum Gasteiger partial charge on any atom is 0.339 e. The van der Waals surface area contributed by atoms with E-state index in [0.717, 1.165) is 11.0 Å². The second-order valence-corrected chi connectivity index (χ2v) is 3.53. The molecule has 0 fully saturated rings. The van der Waals surface area contributed by atoms with Crippen molar-refractivity contribution in [1.82, 2.24) is 9.55 Å². The number of hydrogen-bond donors (Lipinski definition) is 1. The first-order chi connectivity index (χ1) is 7.63. The number of aliphatic hydroxyl groups excluding tert-OH is 1. The molecule has 2 rings (SSSR count). The second-order valence-electron chi connectivity index (χ2n) is 3.53. The van der Waals surface area contributed by atoms with E-state index in [0.29, 0.717) is 5.56 Å². The number of carbonyl (C=O) groups is 1. The number of carbonyl (C=O) groups excluding carboxylic acids is 1. The van der Waals surface area contributed by atoms with Crippen molar-refractivity contribution in [2.75, 3.05) is 7.11 Å². The number of rotatable bonds is 2. The first kappa shape index (κ1) is 10.6. The molecule has 1 heterocycles. The van der Waals surface area contributed by atoms with Crippen LogP contribution in [0.3, 0.4) is 0 Å². The summed E-state index contributed by atoms with van der Waals surface area (Å²) in [5.74, 6) is -0.671.